The average Bonchev–Trinajstić information content (AvgIpc) is 2.59. The maximum absolute atomic E-state index is 11.4. The van der Waals surface area contributed by atoms with E-state index in [-0.39, 0.29) is 11.9 Å². The minimum atomic E-state index is -0.928. The van der Waals surface area contributed by atoms with E-state index in [0.717, 1.165) is 31.5 Å². The molecule has 1 heterocycles. The van der Waals surface area contributed by atoms with Gasteiger partial charge in [-0.05, 0) is 49.9 Å². The van der Waals surface area contributed by atoms with Gasteiger partial charge in [0.15, 0.2) is 0 Å². The summed E-state index contributed by atoms with van der Waals surface area (Å²) in [5, 5.41) is 20.7. The molecule has 5 nitrogen and oxygen atoms in total. The number of hydrogen-bond acceptors (Lipinski definition) is 3. The number of carbonyl (C=O) groups excluding carboxylic acids is 1. The van der Waals surface area contributed by atoms with Crippen LogP contribution in [0.3, 0.4) is 0 Å². The molecular formula is C17H26ClN3O2. The first kappa shape index (κ1) is 18.0. The van der Waals surface area contributed by atoms with Crippen molar-refractivity contribution in [3.63, 3.8) is 0 Å². The molecule has 23 heavy (non-hydrogen) atoms. The van der Waals surface area contributed by atoms with Crippen LogP contribution in [0.4, 0.5) is 4.79 Å². The molecule has 128 valence electrons. The van der Waals surface area contributed by atoms with Crippen LogP contribution in [0.1, 0.15) is 31.2 Å². The Morgan fingerprint density at radius 3 is 3.00 bits per heavy atom. The van der Waals surface area contributed by atoms with E-state index < -0.39 is 5.60 Å². The van der Waals surface area contributed by atoms with Crippen molar-refractivity contribution in [3.8, 4) is 0 Å². The molecular weight excluding hydrogens is 314 g/mol. The summed E-state index contributed by atoms with van der Waals surface area (Å²) in [4.78, 5) is 11.2. The van der Waals surface area contributed by atoms with Crippen molar-refractivity contribution in [2.24, 2.45) is 5.92 Å². The summed E-state index contributed by atoms with van der Waals surface area (Å²) in [5.74, 6) is 0.148. The smallest absolute Gasteiger partial charge is 0.314 e. The Bertz CT molecular complexity index is 520. The fourth-order valence-corrected chi connectivity index (χ4v) is 3.44. The summed E-state index contributed by atoms with van der Waals surface area (Å²) < 4.78 is 0. The Kier molecular flexibility index (Phi) is 6.69. The monoisotopic (exact) mass is 339 g/mol. The van der Waals surface area contributed by atoms with Gasteiger partial charge in [-0.25, -0.2) is 4.79 Å². The SMILES string of the molecule is CNC(=O)NCCCC(O)(c1cccc(Cl)c1)C1CCCNC1. The van der Waals surface area contributed by atoms with E-state index in [9.17, 15) is 9.90 Å². The Morgan fingerprint density at radius 1 is 1.52 bits per heavy atom. The molecule has 1 aromatic rings. The van der Waals surface area contributed by atoms with Crippen LogP contribution < -0.4 is 16.0 Å². The number of halogens is 1. The summed E-state index contributed by atoms with van der Waals surface area (Å²) in [6.45, 7) is 2.33. The van der Waals surface area contributed by atoms with Gasteiger partial charge in [-0.15, -0.1) is 0 Å². The zero-order valence-corrected chi connectivity index (χ0v) is 14.3. The molecule has 1 aliphatic heterocycles. The minimum Gasteiger partial charge on any atom is -0.385 e. The Balaban J connectivity index is 2.09. The number of piperidine rings is 1. The van der Waals surface area contributed by atoms with Gasteiger partial charge in [-0.2, -0.15) is 0 Å². The Labute approximate surface area is 142 Å². The molecule has 0 saturated carbocycles. The number of hydrogen-bond donors (Lipinski definition) is 4. The maximum atomic E-state index is 11.4. The highest BCUT2D eigenvalue weighted by Gasteiger charge is 2.38. The predicted molar refractivity (Wildman–Crippen MR) is 92.6 cm³/mol. The van der Waals surface area contributed by atoms with Crippen molar-refractivity contribution < 1.29 is 9.90 Å². The second-order valence-corrected chi connectivity index (χ2v) is 6.52. The lowest BCUT2D eigenvalue weighted by atomic mass is 9.74. The van der Waals surface area contributed by atoms with Gasteiger partial charge in [0, 0.05) is 31.1 Å². The molecule has 1 aliphatic rings. The third-order valence-electron chi connectivity index (χ3n) is 4.54. The molecule has 6 heteroatoms. The van der Waals surface area contributed by atoms with E-state index in [1.54, 1.807) is 7.05 Å². The molecule has 2 unspecified atom stereocenters. The highest BCUT2D eigenvalue weighted by atomic mass is 35.5. The molecule has 1 aromatic carbocycles. The highest BCUT2D eigenvalue weighted by Crippen LogP contribution is 2.38. The van der Waals surface area contributed by atoms with Crippen LogP contribution in [-0.2, 0) is 5.60 Å². The van der Waals surface area contributed by atoms with E-state index in [1.165, 1.54) is 0 Å². The highest BCUT2D eigenvalue weighted by molar-refractivity contribution is 6.30. The average molecular weight is 340 g/mol. The number of nitrogens with one attached hydrogen (secondary N) is 3. The van der Waals surface area contributed by atoms with Gasteiger partial charge in [-0.3, -0.25) is 0 Å². The summed E-state index contributed by atoms with van der Waals surface area (Å²) in [6, 6.07) is 7.28. The lowest BCUT2D eigenvalue weighted by Crippen LogP contribution is -2.45. The largest absolute Gasteiger partial charge is 0.385 e. The van der Waals surface area contributed by atoms with Gasteiger partial charge < -0.3 is 21.1 Å². The predicted octanol–water partition coefficient (Wildman–Crippen LogP) is 2.24. The van der Waals surface area contributed by atoms with Crippen molar-refractivity contribution in [1.29, 1.82) is 0 Å². The fourth-order valence-electron chi connectivity index (χ4n) is 3.25. The number of aliphatic hydroxyl groups is 1. The van der Waals surface area contributed by atoms with Crippen LogP contribution in [0.5, 0.6) is 0 Å². The lowest BCUT2D eigenvalue weighted by Gasteiger charge is -2.39. The quantitative estimate of drug-likeness (QED) is 0.601. The van der Waals surface area contributed by atoms with Crippen LogP contribution >= 0.6 is 11.6 Å². The molecule has 0 aliphatic carbocycles. The van der Waals surface area contributed by atoms with E-state index in [0.29, 0.717) is 24.4 Å². The number of carbonyl (C=O) groups is 1. The van der Waals surface area contributed by atoms with E-state index >= 15 is 0 Å². The third-order valence-corrected chi connectivity index (χ3v) is 4.78. The zero-order chi connectivity index (χ0) is 16.7. The van der Waals surface area contributed by atoms with Gasteiger partial charge >= 0.3 is 6.03 Å². The first-order chi connectivity index (χ1) is 11.1. The second kappa shape index (κ2) is 8.52. The van der Waals surface area contributed by atoms with Gasteiger partial charge in [0.2, 0.25) is 0 Å². The summed E-state index contributed by atoms with van der Waals surface area (Å²) in [5.41, 5.74) is -0.0680. The van der Waals surface area contributed by atoms with Crippen LogP contribution in [0.15, 0.2) is 24.3 Å². The molecule has 2 amide bonds. The number of amides is 2. The fraction of sp³-hybridized carbons (Fsp3) is 0.588. The first-order valence-corrected chi connectivity index (χ1v) is 8.59. The van der Waals surface area contributed by atoms with Gasteiger partial charge in [-0.1, -0.05) is 23.7 Å². The third kappa shape index (κ3) is 4.83. The van der Waals surface area contributed by atoms with Crippen molar-refractivity contribution in [2.75, 3.05) is 26.7 Å². The van der Waals surface area contributed by atoms with Gasteiger partial charge in [0.05, 0.1) is 5.60 Å². The van der Waals surface area contributed by atoms with Crippen molar-refractivity contribution >= 4 is 17.6 Å². The summed E-state index contributed by atoms with van der Waals surface area (Å²) in [7, 11) is 1.59. The van der Waals surface area contributed by atoms with Gasteiger partial charge in [0.25, 0.3) is 0 Å². The van der Waals surface area contributed by atoms with Crippen LogP contribution in [-0.4, -0.2) is 37.8 Å². The van der Waals surface area contributed by atoms with Crippen molar-refractivity contribution in [1.82, 2.24) is 16.0 Å². The molecule has 0 radical (unpaired) electrons. The van der Waals surface area contributed by atoms with E-state index in [4.69, 9.17) is 11.6 Å². The summed E-state index contributed by atoms with van der Waals surface area (Å²) >= 11 is 6.12. The molecule has 0 bridgehead atoms. The Hall–Kier alpha value is -1.30. The Morgan fingerprint density at radius 2 is 2.35 bits per heavy atom. The van der Waals surface area contributed by atoms with Crippen LogP contribution in [0.2, 0.25) is 5.02 Å². The minimum absolute atomic E-state index is 0.148. The van der Waals surface area contributed by atoms with Crippen molar-refractivity contribution in [3.05, 3.63) is 34.9 Å². The normalized spacial score (nSPS) is 20.6. The molecule has 4 N–H and O–H groups in total. The van der Waals surface area contributed by atoms with Crippen LogP contribution in [0, 0.1) is 5.92 Å². The molecule has 0 spiro atoms. The first-order valence-electron chi connectivity index (χ1n) is 8.21. The lowest BCUT2D eigenvalue weighted by molar-refractivity contribution is -0.0419. The molecule has 2 atom stereocenters. The van der Waals surface area contributed by atoms with E-state index in [2.05, 4.69) is 16.0 Å². The summed E-state index contributed by atoms with van der Waals surface area (Å²) in [6.07, 6.45) is 3.33. The molecule has 2 rings (SSSR count). The maximum Gasteiger partial charge on any atom is 0.314 e. The molecule has 0 aromatic heterocycles. The topological polar surface area (TPSA) is 73.4 Å². The number of benzene rings is 1. The van der Waals surface area contributed by atoms with E-state index in [1.807, 2.05) is 24.3 Å². The van der Waals surface area contributed by atoms with Crippen LogP contribution in [0.25, 0.3) is 0 Å². The number of rotatable bonds is 6. The zero-order valence-electron chi connectivity index (χ0n) is 13.6. The molecule has 1 fully saturated rings. The van der Waals surface area contributed by atoms with Gasteiger partial charge in [0.1, 0.15) is 0 Å². The number of urea groups is 1. The second-order valence-electron chi connectivity index (χ2n) is 6.09. The molecule has 1 saturated heterocycles. The standard InChI is InChI=1S/C17H26ClN3O2/c1-19-16(22)21-10-4-8-17(23,14-6-3-9-20-12-14)13-5-2-7-15(18)11-13/h2,5,7,11,14,20,23H,3-4,6,8-10,12H2,1H3,(H2,19,21,22). The van der Waals surface area contributed by atoms with Crippen molar-refractivity contribution in [2.45, 2.75) is 31.3 Å².